The molecule has 30 heavy (non-hydrogen) atoms. The lowest BCUT2D eigenvalue weighted by Gasteiger charge is -2.27. The van der Waals surface area contributed by atoms with Crippen molar-refractivity contribution < 1.29 is 22.7 Å². The lowest BCUT2D eigenvalue weighted by molar-refractivity contribution is -0.149. The monoisotopic (exact) mass is 450 g/mol. The molecule has 1 fully saturated rings. The second-order valence-corrected chi connectivity index (χ2v) is 10.0. The highest BCUT2D eigenvalue weighted by Crippen LogP contribution is 2.42. The fraction of sp³-hybridized carbons (Fsp3) is 0.381. The summed E-state index contributed by atoms with van der Waals surface area (Å²) in [5.74, 6) is -1.52. The molecular formula is C21H23ClN2O5S. The average Bonchev–Trinajstić information content (AvgIpc) is 3.21. The summed E-state index contributed by atoms with van der Waals surface area (Å²) < 4.78 is 30.6. The number of ether oxygens (including phenoxy) is 1. The number of sulfone groups is 1. The van der Waals surface area contributed by atoms with E-state index in [1.807, 2.05) is 6.07 Å². The van der Waals surface area contributed by atoms with Crippen LogP contribution in [0.2, 0.25) is 5.15 Å². The number of pyridine rings is 1. The number of aromatic nitrogens is 1. The molecule has 1 aromatic heterocycles. The van der Waals surface area contributed by atoms with Gasteiger partial charge in [0.2, 0.25) is 0 Å². The third-order valence-corrected chi connectivity index (χ3v) is 8.22. The second-order valence-electron chi connectivity index (χ2n) is 7.44. The SMILES string of the molecule is Cc1ccc(C)c(S(=O)(=O)C2(C(=O)OCC(=O)Nc3cccnc3Cl)CCCC2)c1. The highest BCUT2D eigenvalue weighted by atomic mass is 35.5. The van der Waals surface area contributed by atoms with E-state index in [-0.39, 0.29) is 28.6 Å². The maximum absolute atomic E-state index is 13.5. The number of nitrogens with one attached hydrogen (secondary N) is 1. The van der Waals surface area contributed by atoms with Crippen LogP contribution in [0.5, 0.6) is 0 Å². The van der Waals surface area contributed by atoms with E-state index in [0.717, 1.165) is 5.56 Å². The Hall–Kier alpha value is -2.45. The first-order chi connectivity index (χ1) is 14.2. The van der Waals surface area contributed by atoms with Crippen LogP contribution in [-0.4, -0.2) is 36.6 Å². The van der Waals surface area contributed by atoms with Crippen LogP contribution in [0.15, 0.2) is 41.4 Å². The number of amides is 1. The molecule has 1 aliphatic rings. The van der Waals surface area contributed by atoms with Crippen molar-refractivity contribution in [2.75, 3.05) is 11.9 Å². The number of benzene rings is 1. The van der Waals surface area contributed by atoms with Crippen LogP contribution in [-0.2, 0) is 24.2 Å². The van der Waals surface area contributed by atoms with Crippen molar-refractivity contribution in [2.45, 2.75) is 49.2 Å². The van der Waals surface area contributed by atoms with Crippen LogP contribution in [0.25, 0.3) is 0 Å². The lowest BCUT2D eigenvalue weighted by atomic mass is 10.1. The Morgan fingerprint density at radius 2 is 1.90 bits per heavy atom. The minimum atomic E-state index is -4.00. The first-order valence-corrected chi connectivity index (χ1v) is 11.4. The lowest BCUT2D eigenvalue weighted by Crippen LogP contribution is -2.46. The molecule has 1 aromatic carbocycles. The molecule has 0 unspecified atom stereocenters. The first-order valence-electron chi connectivity index (χ1n) is 9.57. The van der Waals surface area contributed by atoms with Crippen LogP contribution in [0.4, 0.5) is 5.69 Å². The molecule has 0 saturated heterocycles. The van der Waals surface area contributed by atoms with E-state index in [2.05, 4.69) is 10.3 Å². The fourth-order valence-corrected chi connectivity index (χ4v) is 6.19. The largest absolute Gasteiger partial charge is 0.454 e. The molecule has 1 saturated carbocycles. The van der Waals surface area contributed by atoms with Crippen molar-refractivity contribution in [2.24, 2.45) is 0 Å². The number of hydrogen-bond donors (Lipinski definition) is 1. The van der Waals surface area contributed by atoms with Gasteiger partial charge in [0.15, 0.2) is 26.3 Å². The molecule has 1 heterocycles. The van der Waals surface area contributed by atoms with Gasteiger partial charge in [-0.2, -0.15) is 0 Å². The predicted molar refractivity (Wildman–Crippen MR) is 113 cm³/mol. The molecule has 0 aliphatic heterocycles. The smallest absolute Gasteiger partial charge is 0.328 e. The van der Waals surface area contributed by atoms with Gasteiger partial charge in [0.1, 0.15) is 0 Å². The molecule has 1 amide bonds. The molecule has 0 bridgehead atoms. The zero-order chi connectivity index (χ0) is 21.9. The molecule has 9 heteroatoms. The summed E-state index contributed by atoms with van der Waals surface area (Å²) >= 11 is 5.90. The van der Waals surface area contributed by atoms with Crippen molar-refractivity contribution >= 4 is 39.0 Å². The Kier molecular flexibility index (Phi) is 6.47. The molecule has 0 atom stereocenters. The van der Waals surface area contributed by atoms with Gasteiger partial charge in [-0.15, -0.1) is 0 Å². The molecule has 2 aromatic rings. The Bertz CT molecular complexity index is 1080. The minimum absolute atomic E-state index is 0.0990. The molecule has 1 N–H and O–H groups in total. The minimum Gasteiger partial charge on any atom is -0.454 e. The summed E-state index contributed by atoms with van der Waals surface area (Å²) in [6.07, 6.45) is 2.99. The zero-order valence-electron chi connectivity index (χ0n) is 16.8. The van der Waals surface area contributed by atoms with Gasteiger partial charge in [-0.1, -0.05) is 36.6 Å². The summed E-state index contributed by atoms with van der Waals surface area (Å²) in [6.45, 7) is 2.88. The van der Waals surface area contributed by atoms with Gasteiger partial charge in [-0.05, 0) is 56.0 Å². The van der Waals surface area contributed by atoms with Gasteiger partial charge >= 0.3 is 5.97 Å². The summed E-state index contributed by atoms with van der Waals surface area (Å²) in [6, 6.07) is 8.27. The molecule has 160 valence electrons. The van der Waals surface area contributed by atoms with Gasteiger partial charge in [-0.25, -0.2) is 13.4 Å². The van der Waals surface area contributed by atoms with Crippen LogP contribution >= 0.6 is 11.6 Å². The van der Waals surface area contributed by atoms with Crippen molar-refractivity contribution in [1.29, 1.82) is 0 Å². The Balaban J connectivity index is 1.80. The number of rotatable bonds is 6. The number of carbonyl (C=O) groups is 2. The quantitative estimate of drug-likeness (QED) is 0.532. The molecule has 7 nitrogen and oxygen atoms in total. The Morgan fingerprint density at radius 1 is 1.20 bits per heavy atom. The van der Waals surface area contributed by atoms with Gasteiger partial charge in [-0.3, -0.25) is 9.59 Å². The topological polar surface area (TPSA) is 102 Å². The molecule has 1 aliphatic carbocycles. The number of carbonyl (C=O) groups excluding carboxylic acids is 2. The van der Waals surface area contributed by atoms with Crippen molar-refractivity contribution in [3.8, 4) is 0 Å². The maximum atomic E-state index is 13.5. The van der Waals surface area contributed by atoms with E-state index in [1.54, 1.807) is 38.1 Å². The standard InChI is InChI=1S/C21H23ClN2O5S/c1-14-7-8-15(2)17(12-14)30(27,28)21(9-3-4-10-21)20(26)29-13-18(25)24-16-6-5-11-23-19(16)22/h5-8,11-12H,3-4,9-10,13H2,1-2H3,(H,24,25). The highest BCUT2D eigenvalue weighted by Gasteiger charge is 2.54. The van der Waals surface area contributed by atoms with Gasteiger partial charge in [0, 0.05) is 6.20 Å². The van der Waals surface area contributed by atoms with Crippen molar-refractivity contribution in [3.05, 3.63) is 52.8 Å². The van der Waals surface area contributed by atoms with E-state index < -0.39 is 33.1 Å². The normalized spacial score (nSPS) is 15.6. The molecular weight excluding hydrogens is 428 g/mol. The van der Waals surface area contributed by atoms with Crippen LogP contribution in [0.3, 0.4) is 0 Å². The fourth-order valence-electron chi connectivity index (χ4n) is 3.66. The van der Waals surface area contributed by atoms with E-state index >= 15 is 0 Å². The second kappa shape index (κ2) is 8.73. The van der Waals surface area contributed by atoms with Crippen molar-refractivity contribution in [3.63, 3.8) is 0 Å². The third kappa shape index (κ3) is 4.20. The number of esters is 1. The summed E-state index contributed by atoms with van der Waals surface area (Å²) in [5, 5.41) is 2.59. The summed E-state index contributed by atoms with van der Waals surface area (Å²) in [7, 11) is -4.00. The summed E-state index contributed by atoms with van der Waals surface area (Å²) in [4.78, 5) is 29.1. The van der Waals surface area contributed by atoms with Gasteiger partial charge < -0.3 is 10.1 Å². The highest BCUT2D eigenvalue weighted by molar-refractivity contribution is 7.93. The number of hydrogen-bond acceptors (Lipinski definition) is 6. The third-order valence-electron chi connectivity index (χ3n) is 5.30. The van der Waals surface area contributed by atoms with Crippen LogP contribution in [0.1, 0.15) is 36.8 Å². The maximum Gasteiger partial charge on any atom is 0.328 e. The molecule has 3 rings (SSSR count). The number of aryl methyl sites for hydroxylation is 2. The van der Waals surface area contributed by atoms with E-state index in [0.29, 0.717) is 18.4 Å². The predicted octanol–water partition coefficient (Wildman–Crippen LogP) is 3.62. The Morgan fingerprint density at radius 3 is 2.57 bits per heavy atom. The Labute approximate surface area is 180 Å². The van der Waals surface area contributed by atoms with E-state index in [9.17, 15) is 18.0 Å². The van der Waals surface area contributed by atoms with Crippen LogP contribution in [0, 0.1) is 13.8 Å². The molecule has 0 spiro atoms. The number of halogens is 1. The van der Waals surface area contributed by atoms with Crippen molar-refractivity contribution in [1.82, 2.24) is 4.98 Å². The summed E-state index contributed by atoms with van der Waals surface area (Å²) in [5.41, 5.74) is 1.64. The van der Waals surface area contributed by atoms with E-state index in [4.69, 9.17) is 16.3 Å². The zero-order valence-corrected chi connectivity index (χ0v) is 18.3. The number of nitrogens with zero attached hydrogens (tertiary/aromatic N) is 1. The van der Waals surface area contributed by atoms with Gasteiger partial charge in [0.05, 0.1) is 10.6 Å². The van der Waals surface area contributed by atoms with Gasteiger partial charge in [0.25, 0.3) is 5.91 Å². The van der Waals surface area contributed by atoms with Crippen LogP contribution < -0.4 is 5.32 Å². The average molecular weight is 451 g/mol. The first kappa shape index (κ1) is 22.2. The number of anilines is 1. The van der Waals surface area contributed by atoms with E-state index in [1.165, 1.54) is 6.20 Å². The molecule has 0 radical (unpaired) electrons.